The van der Waals surface area contributed by atoms with E-state index in [4.69, 9.17) is 10.5 Å². The van der Waals surface area contributed by atoms with Crippen LogP contribution in [0.15, 0.2) is 53.3 Å². The van der Waals surface area contributed by atoms with Crippen molar-refractivity contribution >= 4 is 34.2 Å². The first-order valence-corrected chi connectivity index (χ1v) is 9.75. The Balaban J connectivity index is 1.69. The fourth-order valence-electron chi connectivity index (χ4n) is 5.27. The number of aromatic nitrogens is 1. The lowest BCUT2D eigenvalue weighted by Gasteiger charge is -2.35. The van der Waals surface area contributed by atoms with Crippen molar-refractivity contribution in [2.75, 3.05) is 10.2 Å². The van der Waals surface area contributed by atoms with Gasteiger partial charge in [-0.1, -0.05) is 30.3 Å². The zero-order chi connectivity index (χ0) is 20.8. The lowest BCUT2D eigenvalue weighted by atomic mass is 9.77. The van der Waals surface area contributed by atoms with Gasteiger partial charge in [-0.25, -0.2) is 0 Å². The Morgan fingerprint density at radius 2 is 1.87 bits per heavy atom. The molecule has 2 unspecified atom stereocenters. The number of para-hydroxylation sites is 2. The average Bonchev–Trinajstić information content (AvgIpc) is 3.33. The number of carbonyl (C=O) groups is 2. The number of anilines is 2. The number of amides is 2. The number of aromatic amines is 1. The van der Waals surface area contributed by atoms with Crippen molar-refractivity contribution < 1.29 is 14.3 Å². The van der Waals surface area contributed by atoms with E-state index in [0.29, 0.717) is 28.0 Å². The Morgan fingerprint density at radius 3 is 2.67 bits per heavy atom. The molecule has 0 saturated carbocycles. The van der Waals surface area contributed by atoms with Crippen molar-refractivity contribution in [1.29, 1.82) is 0 Å². The molecule has 8 nitrogen and oxygen atoms in total. The van der Waals surface area contributed by atoms with Gasteiger partial charge in [0.05, 0.1) is 16.8 Å². The van der Waals surface area contributed by atoms with Gasteiger partial charge in [-0.3, -0.25) is 19.3 Å². The number of H-pyrrole nitrogens is 1. The SMILES string of the molecule is C[C@H]1O[C@@H]2N(C1=O)c1ccccc1C21Nc2[nH]c3ccccc3c(=O)c2C1C(N)=O. The summed E-state index contributed by atoms with van der Waals surface area (Å²) in [6.07, 6.45) is -1.48. The molecule has 1 aromatic heterocycles. The van der Waals surface area contributed by atoms with Gasteiger partial charge in [0.25, 0.3) is 5.91 Å². The van der Waals surface area contributed by atoms with E-state index in [2.05, 4.69) is 10.3 Å². The minimum absolute atomic E-state index is 0.193. The lowest BCUT2D eigenvalue weighted by molar-refractivity contribution is -0.123. The number of primary amides is 1. The number of fused-ring (bicyclic) bond motifs is 7. The summed E-state index contributed by atoms with van der Waals surface area (Å²) in [4.78, 5) is 44.0. The van der Waals surface area contributed by atoms with Gasteiger partial charge in [-0.05, 0) is 25.1 Å². The fraction of sp³-hybridized carbons (Fsp3) is 0.227. The molecule has 6 rings (SSSR count). The summed E-state index contributed by atoms with van der Waals surface area (Å²) in [7, 11) is 0. The predicted octanol–water partition coefficient (Wildman–Crippen LogP) is 1.51. The number of rotatable bonds is 1. The Kier molecular flexibility index (Phi) is 3.15. The molecule has 0 aliphatic carbocycles. The zero-order valence-electron chi connectivity index (χ0n) is 16.0. The van der Waals surface area contributed by atoms with Crippen molar-refractivity contribution in [3.05, 3.63) is 69.9 Å². The van der Waals surface area contributed by atoms with Crippen LogP contribution in [-0.4, -0.2) is 29.1 Å². The average molecular weight is 402 g/mol. The molecule has 1 fully saturated rings. The van der Waals surface area contributed by atoms with Crippen molar-refractivity contribution in [1.82, 2.24) is 4.98 Å². The molecule has 8 heteroatoms. The highest BCUT2D eigenvalue weighted by Crippen LogP contribution is 2.58. The third-order valence-corrected chi connectivity index (χ3v) is 6.46. The molecule has 150 valence electrons. The number of hydrogen-bond acceptors (Lipinski definition) is 5. The number of nitrogens with zero attached hydrogens (tertiary/aromatic N) is 1. The molecule has 2 aromatic carbocycles. The standard InChI is InChI=1S/C22H18N4O4/c1-10-20(29)26-14-9-5-3-7-12(14)22(21(26)30-10)16(18(23)28)15-17(27)11-6-2-4-8-13(11)24-19(15)25-22/h2-10,16,21H,1H3,(H2,23,28)(H2,24,25,27)/t10-,16?,21+,22?/m1/s1. The van der Waals surface area contributed by atoms with Crippen molar-refractivity contribution in [2.45, 2.75) is 30.7 Å². The largest absolute Gasteiger partial charge is 0.369 e. The number of hydrogen-bond donors (Lipinski definition) is 3. The van der Waals surface area contributed by atoms with Crippen LogP contribution in [0.25, 0.3) is 10.9 Å². The predicted molar refractivity (Wildman–Crippen MR) is 110 cm³/mol. The number of ether oxygens (including phenoxy) is 1. The van der Waals surface area contributed by atoms with E-state index >= 15 is 0 Å². The third-order valence-electron chi connectivity index (χ3n) is 6.46. The summed E-state index contributed by atoms with van der Waals surface area (Å²) in [6, 6.07) is 14.4. The summed E-state index contributed by atoms with van der Waals surface area (Å²) in [6.45, 7) is 1.68. The minimum Gasteiger partial charge on any atom is -0.369 e. The van der Waals surface area contributed by atoms with Crippen molar-refractivity contribution in [3.63, 3.8) is 0 Å². The van der Waals surface area contributed by atoms with Gasteiger partial charge in [-0.2, -0.15) is 0 Å². The van der Waals surface area contributed by atoms with Gasteiger partial charge < -0.3 is 20.8 Å². The molecule has 3 aromatic rings. The fourth-order valence-corrected chi connectivity index (χ4v) is 5.27. The van der Waals surface area contributed by atoms with Crippen LogP contribution < -0.4 is 21.4 Å². The molecule has 4 heterocycles. The summed E-state index contributed by atoms with van der Waals surface area (Å²) < 4.78 is 6.06. The maximum absolute atomic E-state index is 13.4. The number of benzene rings is 2. The normalized spacial score (nSPS) is 28.5. The van der Waals surface area contributed by atoms with E-state index in [-0.39, 0.29) is 16.9 Å². The number of nitrogens with two attached hydrogens (primary N) is 1. The first-order chi connectivity index (χ1) is 14.4. The van der Waals surface area contributed by atoms with Crippen LogP contribution in [0.5, 0.6) is 0 Å². The van der Waals surface area contributed by atoms with E-state index in [0.717, 1.165) is 0 Å². The Bertz CT molecular complexity index is 1330. The maximum atomic E-state index is 13.4. The van der Waals surface area contributed by atoms with Gasteiger partial charge in [-0.15, -0.1) is 0 Å². The van der Waals surface area contributed by atoms with Gasteiger partial charge in [0.15, 0.2) is 11.7 Å². The van der Waals surface area contributed by atoms with Crippen LogP contribution in [0.3, 0.4) is 0 Å². The Morgan fingerprint density at radius 1 is 1.13 bits per heavy atom. The molecule has 30 heavy (non-hydrogen) atoms. The summed E-state index contributed by atoms with van der Waals surface area (Å²) in [5.74, 6) is -1.44. The molecule has 1 spiro atoms. The second kappa shape index (κ2) is 5.48. The molecule has 3 aliphatic heterocycles. The van der Waals surface area contributed by atoms with Crippen LogP contribution in [-0.2, 0) is 19.9 Å². The number of carbonyl (C=O) groups excluding carboxylic acids is 2. The molecule has 2 amide bonds. The van der Waals surface area contributed by atoms with Gasteiger partial charge >= 0.3 is 0 Å². The van der Waals surface area contributed by atoms with Crippen LogP contribution in [0, 0.1) is 0 Å². The summed E-state index contributed by atoms with van der Waals surface area (Å²) in [5, 5.41) is 3.84. The maximum Gasteiger partial charge on any atom is 0.258 e. The molecule has 4 N–H and O–H groups in total. The van der Waals surface area contributed by atoms with Crippen molar-refractivity contribution in [3.8, 4) is 0 Å². The lowest BCUT2D eigenvalue weighted by Crippen LogP contribution is -2.53. The zero-order valence-corrected chi connectivity index (χ0v) is 16.0. The molecule has 0 bridgehead atoms. The monoisotopic (exact) mass is 402 g/mol. The van der Waals surface area contributed by atoms with Crippen LogP contribution in [0.2, 0.25) is 0 Å². The van der Waals surface area contributed by atoms with Crippen molar-refractivity contribution in [2.24, 2.45) is 5.73 Å². The van der Waals surface area contributed by atoms with E-state index in [9.17, 15) is 14.4 Å². The van der Waals surface area contributed by atoms with E-state index in [1.165, 1.54) is 0 Å². The molecule has 4 atom stereocenters. The Hall–Kier alpha value is -3.65. The minimum atomic E-state index is -1.20. The molecule has 0 radical (unpaired) electrons. The van der Waals surface area contributed by atoms with Crippen LogP contribution in [0.4, 0.5) is 11.5 Å². The smallest absolute Gasteiger partial charge is 0.258 e. The highest BCUT2D eigenvalue weighted by Gasteiger charge is 2.67. The third kappa shape index (κ3) is 1.82. The second-order valence-corrected chi connectivity index (χ2v) is 7.97. The van der Waals surface area contributed by atoms with Gasteiger partial charge in [0.1, 0.15) is 23.4 Å². The van der Waals surface area contributed by atoms with Crippen LogP contribution in [0.1, 0.15) is 24.0 Å². The number of nitrogens with one attached hydrogen (secondary N) is 2. The first-order valence-electron chi connectivity index (χ1n) is 9.75. The van der Waals surface area contributed by atoms with Gasteiger partial charge in [0.2, 0.25) is 5.91 Å². The molecular formula is C22H18N4O4. The highest BCUT2D eigenvalue weighted by atomic mass is 16.5. The summed E-state index contributed by atoms with van der Waals surface area (Å²) in [5.41, 5.74) is 6.71. The topological polar surface area (TPSA) is 118 Å². The Labute approximate surface area is 170 Å². The quantitative estimate of drug-likeness (QED) is 0.570. The first kappa shape index (κ1) is 17.2. The molecule has 1 saturated heterocycles. The number of pyridine rings is 1. The van der Waals surface area contributed by atoms with E-state index < -0.39 is 29.7 Å². The molecular weight excluding hydrogens is 384 g/mol. The molecule has 3 aliphatic rings. The van der Waals surface area contributed by atoms with E-state index in [1.807, 2.05) is 30.3 Å². The summed E-state index contributed by atoms with van der Waals surface area (Å²) >= 11 is 0. The highest BCUT2D eigenvalue weighted by molar-refractivity contribution is 6.04. The van der Waals surface area contributed by atoms with E-state index in [1.54, 1.807) is 30.0 Å². The second-order valence-electron chi connectivity index (χ2n) is 7.97. The van der Waals surface area contributed by atoms with Crippen LogP contribution >= 0.6 is 0 Å². The van der Waals surface area contributed by atoms with Gasteiger partial charge in [0, 0.05) is 10.9 Å².